The number of nitrogens with two attached hydrogens (primary N) is 1. The van der Waals surface area contributed by atoms with E-state index in [0.29, 0.717) is 12.1 Å². The highest BCUT2D eigenvalue weighted by Crippen LogP contribution is 2.20. The fraction of sp³-hybridized carbons (Fsp3) is 0.464. The maximum absolute atomic E-state index is 13.5. The molecule has 3 amide bonds. The lowest BCUT2D eigenvalue weighted by molar-refractivity contribution is -0.143. The third-order valence-electron chi connectivity index (χ3n) is 7.09. The number of para-hydroxylation sites is 1. The quantitative estimate of drug-likeness (QED) is 0.156. The number of hydrogen-bond acceptors (Lipinski definition) is 6. The average molecular weight is 554 g/mol. The van der Waals surface area contributed by atoms with Crippen LogP contribution in [0.15, 0.2) is 43.0 Å². The number of carboxylic acid groups (broad SMARTS) is 1. The third-order valence-corrected chi connectivity index (χ3v) is 7.09. The molecule has 2 heterocycles. The van der Waals surface area contributed by atoms with Gasteiger partial charge in [0.2, 0.25) is 17.7 Å². The van der Waals surface area contributed by atoms with E-state index in [1.54, 1.807) is 33.2 Å². The van der Waals surface area contributed by atoms with Crippen molar-refractivity contribution in [2.24, 2.45) is 17.6 Å². The van der Waals surface area contributed by atoms with Crippen molar-refractivity contribution in [1.29, 1.82) is 0 Å². The van der Waals surface area contributed by atoms with E-state index in [-0.39, 0.29) is 24.7 Å². The molecule has 0 bridgehead atoms. The Kier molecular flexibility index (Phi) is 10.4. The van der Waals surface area contributed by atoms with Gasteiger partial charge in [0.25, 0.3) is 0 Å². The largest absolute Gasteiger partial charge is 0.480 e. The van der Waals surface area contributed by atoms with Crippen molar-refractivity contribution in [2.45, 2.75) is 71.1 Å². The number of carboxylic acids is 1. The van der Waals surface area contributed by atoms with Gasteiger partial charge in [-0.25, -0.2) is 9.78 Å². The highest BCUT2D eigenvalue weighted by Gasteiger charge is 2.33. The van der Waals surface area contributed by atoms with Crippen LogP contribution >= 0.6 is 0 Å². The monoisotopic (exact) mass is 553 g/mol. The summed E-state index contributed by atoms with van der Waals surface area (Å²) >= 11 is 0. The van der Waals surface area contributed by atoms with Gasteiger partial charge in [-0.15, -0.1) is 0 Å². The first-order valence-electron chi connectivity index (χ1n) is 13.4. The fourth-order valence-corrected chi connectivity index (χ4v) is 4.45. The number of nitrogens with zero attached hydrogens (tertiary/aromatic N) is 1. The lowest BCUT2D eigenvalue weighted by atomic mass is 9.97. The molecular weight excluding hydrogens is 514 g/mol. The molecule has 8 N–H and O–H groups in total. The number of rotatable bonds is 14. The summed E-state index contributed by atoms with van der Waals surface area (Å²) in [6, 6.07) is 3.41. The Bertz CT molecular complexity index is 1300. The number of nitrogens with one attached hydrogen (secondary N) is 5. The fourth-order valence-electron chi connectivity index (χ4n) is 4.45. The normalized spacial score (nSPS) is 15.2. The minimum absolute atomic E-state index is 0.104. The summed E-state index contributed by atoms with van der Waals surface area (Å²) in [5.41, 5.74) is 8.38. The van der Waals surface area contributed by atoms with Crippen molar-refractivity contribution >= 4 is 34.6 Å². The summed E-state index contributed by atoms with van der Waals surface area (Å²) in [4.78, 5) is 61.6. The molecule has 0 aliphatic heterocycles. The molecule has 0 fully saturated rings. The van der Waals surface area contributed by atoms with Crippen LogP contribution in [0.25, 0.3) is 10.9 Å². The van der Waals surface area contributed by atoms with Gasteiger partial charge in [-0.3, -0.25) is 14.4 Å². The number of aromatic amines is 2. The molecule has 0 aliphatic carbocycles. The second kappa shape index (κ2) is 13.7. The van der Waals surface area contributed by atoms with Crippen LogP contribution in [0.2, 0.25) is 0 Å². The van der Waals surface area contributed by atoms with Crippen LogP contribution in [0.1, 0.15) is 45.4 Å². The molecule has 0 radical (unpaired) electrons. The van der Waals surface area contributed by atoms with Crippen LogP contribution in [0.5, 0.6) is 0 Å². The highest BCUT2D eigenvalue weighted by atomic mass is 16.4. The first kappa shape index (κ1) is 30.4. The molecule has 0 aliphatic rings. The number of carbonyl (C=O) groups excluding carboxylic acids is 3. The van der Waals surface area contributed by atoms with Crippen LogP contribution in [-0.4, -0.2) is 67.9 Å². The molecule has 5 unspecified atom stereocenters. The highest BCUT2D eigenvalue weighted by molar-refractivity contribution is 5.95. The first-order valence-corrected chi connectivity index (χ1v) is 13.4. The zero-order valence-corrected chi connectivity index (χ0v) is 23.2. The summed E-state index contributed by atoms with van der Waals surface area (Å²) in [6.45, 7) is 7.11. The summed E-state index contributed by atoms with van der Waals surface area (Å²) in [5, 5.41) is 18.7. The summed E-state index contributed by atoms with van der Waals surface area (Å²) in [6.07, 6.45) is 5.66. The lowest BCUT2D eigenvalue weighted by Gasteiger charge is -2.28. The van der Waals surface area contributed by atoms with Crippen molar-refractivity contribution in [3.63, 3.8) is 0 Å². The standard InChI is InChI=1S/C28H39N7O5/c1-5-16(4)24(28(39)40)35-26(37)22(10-17-12-31-21-9-7-6-8-19(17)21)33-27(38)23(15(2)3)34-25(36)20(29)11-18-13-30-14-32-18/h6-9,12-16,20,22-24,31H,5,10-11,29H2,1-4H3,(H,30,32)(H,33,38)(H,34,36)(H,35,37)(H,39,40). The summed E-state index contributed by atoms with van der Waals surface area (Å²) in [5.74, 6) is -3.54. The Morgan fingerprint density at radius 2 is 1.65 bits per heavy atom. The molecule has 3 rings (SSSR count). The smallest absolute Gasteiger partial charge is 0.326 e. The van der Waals surface area contributed by atoms with Crippen LogP contribution in [0, 0.1) is 11.8 Å². The maximum atomic E-state index is 13.5. The van der Waals surface area contributed by atoms with E-state index in [1.165, 1.54) is 6.33 Å². The van der Waals surface area contributed by atoms with Crippen molar-refractivity contribution < 1.29 is 24.3 Å². The van der Waals surface area contributed by atoms with E-state index < -0.39 is 47.9 Å². The second-order valence-electron chi connectivity index (χ2n) is 10.5. The molecule has 0 spiro atoms. The van der Waals surface area contributed by atoms with Gasteiger partial charge in [-0.2, -0.15) is 0 Å². The van der Waals surface area contributed by atoms with E-state index >= 15 is 0 Å². The van der Waals surface area contributed by atoms with Crippen molar-refractivity contribution in [3.05, 3.63) is 54.2 Å². The van der Waals surface area contributed by atoms with Crippen LogP contribution in [-0.2, 0) is 32.0 Å². The molecule has 2 aromatic heterocycles. The third kappa shape index (κ3) is 7.69. The molecule has 5 atom stereocenters. The van der Waals surface area contributed by atoms with E-state index in [2.05, 4.69) is 30.9 Å². The number of imidazole rings is 1. The average Bonchev–Trinajstić information content (AvgIpc) is 3.58. The molecule has 12 heteroatoms. The van der Waals surface area contributed by atoms with Gasteiger partial charge in [0, 0.05) is 41.8 Å². The van der Waals surface area contributed by atoms with Gasteiger partial charge in [0.1, 0.15) is 18.1 Å². The maximum Gasteiger partial charge on any atom is 0.326 e. The van der Waals surface area contributed by atoms with Gasteiger partial charge in [0.15, 0.2) is 0 Å². The SMILES string of the molecule is CCC(C)C(NC(=O)C(Cc1c[nH]c2ccccc12)NC(=O)C(NC(=O)C(N)Cc1cnc[nH]1)C(C)C)C(=O)O. The molecule has 1 aromatic carbocycles. The Morgan fingerprint density at radius 3 is 2.27 bits per heavy atom. The minimum Gasteiger partial charge on any atom is -0.480 e. The molecule has 216 valence electrons. The Labute approximate surface area is 232 Å². The van der Waals surface area contributed by atoms with Gasteiger partial charge in [-0.05, 0) is 23.5 Å². The number of benzene rings is 1. The predicted molar refractivity (Wildman–Crippen MR) is 150 cm³/mol. The number of carbonyl (C=O) groups is 4. The molecule has 12 nitrogen and oxygen atoms in total. The second-order valence-corrected chi connectivity index (χ2v) is 10.5. The Morgan fingerprint density at radius 1 is 0.950 bits per heavy atom. The van der Waals surface area contributed by atoms with Crippen molar-refractivity contribution in [2.75, 3.05) is 0 Å². The molecule has 0 saturated carbocycles. The van der Waals surface area contributed by atoms with Crippen LogP contribution in [0.4, 0.5) is 0 Å². The van der Waals surface area contributed by atoms with Crippen molar-refractivity contribution in [3.8, 4) is 0 Å². The predicted octanol–water partition coefficient (Wildman–Crippen LogP) is 1.24. The first-order chi connectivity index (χ1) is 19.0. The van der Waals surface area contributed by atoms with E-state index in [0.717, 1.165) is 16.5 Å². The van der Waals surface area contributed by atoms with E-state index in [4.69, 9.17) is 5.73 Å². The number of hydrogen-bond donors (Lipinski definition) is 7. The number of aromatic nitrogens is 3. The molecule has 40 heavy (non-hydrogen) atoms. The van der Waals surface area contributed by atoms with Gasteiger partial charge >= 0.3 is 5.97 Å². The van der Waals surface area contributed by atoms with Gasteiger partial charge < -0.3 is 36.8 Å². The number of amides is 3. The van der Waals surface area contributed by atoms with E-state index in [9.17, 15) is 24.3 Å². The Hall–Kier alpha value is -4.19. The van der Waals surface area contributed by atoms with Crippen LogP contribution in [0.3, 0.4) is 0 Å². The molecular formula is C28H39N7O5. The zero-order chi connectivity index (χ0) is 29.4. The summed E-state index contributed by atoms with van der Waals surface area (Å²) < 4.78 is 0. The summed E-state index contributed by atoms with van der Waals surface area (Å²) in [7, 11) is 0. The van der Waals surface area contributed by atoms with Gasteiger partial charge in [0.05, 0.1) is 12.4 Å². The van der Waals surface area contributed by atoms with Crippen molar-refractivity contribution in [1.82, 2.24) is 30.9 Å². The molecule has 3 aromatic rings. The zero-order valence-electron chi connectivity index (χ0n) is 23.2. The Balaban J connectivity index is 1.81. The molecule has 0 saturated heterocycles. The van der Waals surface area contributed by atoms with E-state index in [1.807, 2.05) is 31.2 Å². The number of aliphatic carboxylic acids is 1. The number of fused-ring (bicyclic) bond motifs is 1. The van der Waals surface area contributed by atoms with Crippen LogP contribution < -0.4 is 21.7 Å². The number of H-pyrrole nitrogens is 2. The minimum atomic E-state index is -1.15. The topological polar surface area (TPSA) is 195 Å². The van der Waals surface area contributed by atoms with Gasteiger partial charge in [-0.1, -0.05) is 52.3 Å². The lowest BCUT2D eigenvalue weighted by Crippen LogP contribution is -2.59.